The maximum Gasteiger partial charge on any atom is 0.306 e. The van der Waals surface area contributed by atoms with Gasteiger partial charge >= 0.3 is 5.97 Å². The van der Waals surface area contributed by atoms with Gasteiger partial charge in [0.1, 0.15) is 0 Å². The lowest BCUT2D eigenvalue weighted by atomic mass is 9.98. The highest BCUT2D eigenvalue weighted by atomic mass is 19.2. The first-order chi connectivity index (χ1) is 11.9. The summed E-state index contributed by atoms with van der Waals surface area (Å²) in [5.41, 5.74) is 0.683. The quantitative estimate of drug-likeness (QED) is 0.630. The van der Waals surface area contributed by atoms with Crippen LogP contribution in [-0.4, -0.2) is 25.5 Å². The fourth-order valence-electron chi connectivity index (χ4n) is 2.98. The molecule has 0 radical (unpaired) electrons. The van der Waals surface area contributed by atoms with E-state index in [0.29, 0.717) is 11.8 Å². The number of carbonyl (C=O) groups is 2. The molecule has 0 spiro atoms. The molecule has 0 aromatic heterocycles. The average Bonchev–Trinajstić information content (AvgIpc) is 2.98. The van der Waals surface area contributed by atoms with Gasteiger partial charge in [0.2, 0.25) is 0 Å². The topological polar surface area (TPSA) is 46.6 Å². The number of methoxy groups -OCH3 is 1. The van der Waals surface area contributed by atoms with E-state index in [-0.39, 0.29) is 18.9 Å². The molecule has 25 heavy (non-hydrogen) atoms. The van der Waals surface area contributed by atoms with Crippen LogP contribution in [0.2, 0.25) is 0 Å². The van der Waals surface area contributed by atoms with Crippen LogP contribution in [0.3, 0.4) is 0 Å². The second-order valence-electron chi connectivity index (χ2n) is 5.67. The SMILES string of the molecule is COC(=O)CC1CN(C(=O)c2ccc(F)c(F)c2F)c2ccccc21. The van der Waals surface area contributed by atoms with Crippen molar-refractivity contribution in [3.8, 4) is 0 Å². The number of para-hydroxylation sites is 1. The number of esters is 1. The molecule has 1 heterocycles. The Labute approximate surface area is 141 Å². The molecule has 0 fully saturated rings. The summed E-state index contributed by atoms with van der Waals surface area (Å²) in [6.45, 7) is 0.117. The van der Waals surface area contributed by atoms with Crippen LogP contribution in [0, 0.1) is 17.5 Å². The van der Waals surface area contributed by atoms with Gasteiger partial charge in [0, 0.05) is 18.2 Å². The first-order valence-corrected chi connectivity index (χ1v) is 7.55. The minimum absolute atomic E-state index is 0.0531. The Hall–Kier alpha value is -2.83. The van der Waals surface area contributed by atoms with Crippen LogP contribution in [0.5, 0.6) is 0 Å². The second kappa shape index (κ2) is 6.58. The minimum atomic E-state index is -1.69. The number of nitrogens with zero attached hydrogens (tertiary/aromatic N) is 1. The van der Waals surface area contributed by atoms with Crippen molar-refractivity contribution in [1.82, 2.24) is 0 Å². The van der Waals surface area contributed by atoms with E-state index in [2.05, 4.69) is 4.74 Å². The molecule has 0 bridgehead atoms. The highest BCUT2D eigenvalue weighted by Gasteiger charge is 2.35. The zero-order valence-corrected chi connectivity index (χ0v) is 13.3. The lowest BCUT2D eigenvalue weighted by Crippen LogP contribution is -2.31. The number of hydrogen-bond donors (Lipinski definition) is 0. The summed E-state index contributed by atoms with van der Waals surface area (Å²) in [6, 6.07) is 8.49. The number of benzene rings is 2. The van der Waals surface area contributed by atoms with Gasteiger partial charge in [-0.3, -0.25) is 9.59 Å². The molecule has 1 aliphatic heterocycles. The number of carbonyl (C=O) groups excluding carboxylic acids is 2. The molecule has 0 saturated heterocycles. The van der Waals surface area contributed by atoms with Crippen LogP contribution in [0.1, 0.15) is 28.3 Å². The number of hydrogen-bond acceptors (Lipinski definition) is 3. The van der Waals surface area contributed by atoms with Crippen LogP contribution in [0.25, 0.3) is 0 Å². The number of rotatable bonds is 3. The van der Waals surface area contributed by atoms with Crippen LogP contribution < -0.4 is 4.90 Å². The van der Waals surface area contributed by atoms with Crippen molar-refractivity contribution in [3.05, 3.63) is 65.0 Å². The number of ether oxygens (including phenoxy) is 1. The fraction of sp³-hybridized carbons (Fsp3) is 0.222. The Kier molecular flexibility index (Phi) is 4.48. The molecule has 2 aromatic carbocycles. The smallest absolute Gasteiger partial charge is 0.306 e. The van der Waals surface area contributed by atoms with Gasteiger partial charge in [-0.25, -0.2) is 13.2 Å². The van der Waals surface area contributed by atoms with Crippen molar-refractivity contribution in [2.75, 3.05) is 18.6 Å². The van der Waals surface area contributed by atoms with Crippen LogP contribution in [0.4, 0.5) is 18.9 Å². The molecule has 4 nitrogen and oxygen atoms in total. The average molecular weight is 349 g/mol. The van der Waals surface area contributed by atoms with Crippen molar-refractivity contribution in [2.24, 2.45) is 0 Å². The fourth-order valence-corrected chi connectivity index (χ4v) is 2.98. The van der Waals surface area contributed by atoms with E-state index in [1.54, 1.807) is 24.3 Å². The normalized spacial score (nSPS) is 15.8. The molecule has 1 amide bonds. The van der Waals surface area contributed by atoms with Crippen molar-refractivity contribution in [1.29, 1.82) is 0 Å². The molecule has 2 aromatic rings. The summed E-state index contributed by atoms with van der Waals surface area (Å²) < 4.78 is 45.2. The third-order valence-corrected chi connectivity index (χ3v) is 4.22. The number of halogens is 3. The number of fused-ring (bicyclic) bond motifs is 1. The van der Waals surface area contributed by atoms with Gasteiger partial charge in [0.05, 0.1) is 19.1 Å². The predicted molar refractivity (Wildman–Crippen MR) is 83.8 cm³/mol. The van der Waals surface area contributed by atoms with Crippen LogP contribution in [-0.2, 0) is 9.53 Å². The third kappa shape index (κ3) is 2.97. The Morgan fingerprint density at radius 3 is 2.56 bits per heavy atom. The molecule has 1 atom stereocenters. The summed E-state index contributed by atoms with van der Waals surface area (Å²) in [7, 11) is 1.27. The summed E-state index contributed by atoms with van der Waals surface area (Å²) in [5, 5.41) is 0. The third-order valence-electron chi connectivity index (χ3n) is 4.22. The minimum Gasteiger partial charge on any atom is -0.469 e. The first-order valence-electron chi connectivity index (χ1n) is 7.55. The molecular formula is C18H14F3NO3. The van der Waals surface area contributed by atoms with E-state index >= 15 is 0 Å². The Balaban J connectivity index is 1.97. The monoisotopic (exact) mass is 349 g/mol. The predicted octanol–water partition coefficient (Wildman–Crippen LogP) is 3.41. The summed E-state index contributed by atoms with van der Waals surface area (Å²) in [5.74, 6) is -6.13. The largest absolute Gasteiger partial charge is 0.469 e. The van der Waals surface area contributed by atoms with Gasteiger partial charge in [0.25, 0.3) is 5.91 Å². The molecule has 130 valence electrons. The van der Waals surface area contributed by atoms with Gasteiger partial charge in [-0.2, -0.15) is 0 Å². The molecule has 3 rings (SSSR count). The van der Waals surface area contributed by atoms with Crippen LogP contribution >= 0.6 is 0 Å². The standard InChI is InChI=1S/C18H14F3NO3/c1-25-15(23)8-10-9-22(14-5-3-2-4-11(10)14)18(24)12-6-7-13(19)17(21)16(12)20/h2-7,10H,8-9H2,1H3. The Morgan fingerprint density at radius 1 is 1.12 bits per heavy atom. The van der Waals surface area contributed by atoms with Crippen molar-refractivity contribution >= 4 is 17.6 Å². The van der Waals surface area contributed by atoms with E-state index in [4.69, 9.17) is 0 Å². The summed E-state index contributed by atoms with van der Waals surface area (Å²) in [6.07, 6.45) is 0.0531. The molecule has 0 N–H and O–H groups in total. The molecule has 1 aliphatic rings. The van der Waals surface area contributed by atoms with E-state index in [0.717, 1.165) is 11.6 Å². The van der Waals surface area contributed by atoms with E-state index in [1.165, 1.54) is 12.0 Å². The highest BCUT2D eigenvalue weighted by Crippen LogP contribution is 2.39. The maximum absolute atomic E-state index is 14.0. The Morgan fingerprint density at radius 2 is 1.84 bits per heavy atom. The van der Waals surface area contributed by atoms with Crippen molar-refractivity contribution < 1.29 is 27.5 Å². The van der Waals surface area contributed by atoms with Crippen molar-refractivity contribution in [2.45, 2.75) is 12.3 Å². The molecule has 0 saturated carbocycles. The van der Waals surface area contributed by atoms with E-state index < -0.39 is 34.9 Å². The zero-order valence-electron chi connectivity index (χ0n) is 13.3. The summed E-state index contributed by atoms with van der Waals surface area (Å²) in [4.78, 5) is 25.5. The van der Waals surface area contributed by atoms with Gasteiger partial charge in [-0.1, -0.05) is 18.2 Å². The van der Waals surface area contributed by atoms with Gasteiger partial charge in [-0.05, 0) is 23.8 Å². The van der Waals surface area contributed by atoms with Gasteiger partial charge in [-0.15, -0.1) is 0 Å². The zero-order chi connectivity index (χ0) is 18.1. The molecule has 7 heteroatoms. The maximum atomic E-state index is 14.0. The summed E-state index contributed by atoms with van der Waals surface area (Å²) >= 11 is 0. The highest BCUT2D eigenvalue weighted by molar-refractivity contribution is 6.07. The van der Waals surface area contributed by atoms with E-state index in [9.17, 15) is 22.8 Å². The van der Waals surface area contributed by atoms with Gasteiger partial charge < -0.3 is 9.64 Å². The number of amides is 1. The van der Waals surface area contributed by atoms with Gasteiger partial charge in [0.15, 0.2) is 17.5 Å². The molecular weight excluding hydrogens is 335 g/mol. The lowest BCUT2D eigenvalue weighted by molar-refractivity contribution is -0.141. The number of anilines is 1. The molecule has 0 aliphatic carbocycles. The van der Waals surface area contributed by atoms with Crippen molar-refractivity contribution in [3.63, 3.8) is 0 Å². The Bertz CT molecular complexity index is 853. The second-order valence-corrected chi connectivity index (χ2v) is 5.67. The van der Waals surface area contributed by atoms with Crippen LogP contribution in [0.15, 0.2) is 36.4 Å². The molecule has 1 unspecified atom stereocenters. The lowest BCUT2D eigenvalue weighted by Gasteiger charge is -2.18. The van der Waals surface area contributed by atoms with E-state index in [1.807, 2.05) is 0 Å². The first kappa shape index (κ1) is 17.0.